The summed E-state index contributed by atoms with van der Waals surface area (Å²) in [7, 11) is -4.09. The Morgan fingerprint density at radius 2 is 2.17 bits per heavy atom. The average molecular weight is 191 g/mol. The molecule has 12 heavy (non-hydrogen) atoms. The minimum Gasteiger partial charge on any atom is -0.324 e. The van der Waals surface area contributed by atoms with Gasteiger partial charge in [-0.15, -0.1) is 0 Å². The summed E-state index contributed by atoms with van der Waals surface area (Å²) in [4.78, 5) is 20.5. The molecule has 4 nitrogen and oxygen atoms in total. The summed E-state index contributed by atoms with van der Waals surface area (Å²) in [6.07, 6.45) is 0.471. The molecule has 0 amide bonds. The summed E-state index contributed by atoms with van der Waals surface area (Å²) in [6, 6.07) is 2.35. The highest BCUT2D eigenvalue weighted by Gasteiger charge is 2.14. The molecule has 66 valence electrons. The van der Waals surface area contributed by atoms with E-state index in [1.807, 2.05) is 0 Å². The van der Waals surface area contributed by atoms with Crippen molar-refractivity contribution in [1.82, 2.24) is 4.98 Å². The predicted octanol–water partition coefficient (Wildman–Crippen LogP) is 0.898. The summed E-state index contributed by atoms with van der Waals surface area (Å²) in [5.41, 5.74) is 0.185. The summed E-state index contributed by atoms with van der Waals surface area (Å²) >= 11 is 0. The van der Waals surface area contributed by atoms with Crippen molar-refractivity contribution in [2.24, 2.45) is 0 Å². The Bertz CT molecular complexity index is 307. The van der Waals surface area contributed by atoms with Crippen LogP contribution in [0.15, 0.2) is 18.3 Å². The third-order valence-electron chi connectivity index (χ3n) is 1.16. The van der Waals surface area contributed by atoms with Crippen molar-refractivity contribution in [2.75, 3.05) is 0 Å². The Morgan fingerprint density at radius 3 is 2.58 bits per heavy atom. The first-order valence-corrected chi connectivity index (χ1v) is 4.92. The Labute approximate surface area is 68.2 Å². The van der Waals surface area contributed by atoms with Gasteiger partial charge in [-0.05, 0) is 12.1 Å². The molecule has 0 fully saturated rings. The SMILES string of the molecule is O=P(O)(O)Cc1ccc(F)cn1. The van der Waals surface area contributed by atoms with E-state index in [1.54, 1.807) is 0 Å². The Balaban J connectivity index is 2.78. The number of aromatic nitrogens is 1. The van der Waals surface area contributed by atoms with E-state index in [1.165, 1.54) is 6.07 Å². The van der Waals surface area contributed by atoms with Crippen molar-refractivity contribution < 1.29 is 18.7 Å². The lowest BCUT2D eigenvalue weighted by molar-refractivity contribution is 0.371. The number of rotatable bonds is 2. The molecule has 0 saturated carbocycles. The van der Waals surface area contributed by atoms with E-state index in [9.17, 15) is 8.96 Å². The third-order valence-corrected chi connectivity index (χ3v) is 1.89. The number of nitrogens with zero attached hydrogens (tertiary/aromatic N) is 1. The van der Waals surface area contributed by atoms with Crippen molar-refractivity contribution in [3.8, 4) is 0 Å². The number of pyridine rings is 1. The smallest absolute Gasteiger partial charge is 0.324 e. The Kier molecular flexibility index (Phi) is 2.57. The summed E-state index contributed by atoms with van der Waals surface area (Å²) in [6.45, 7) is 0. The molecule has 1 aromatic rings. The molecule has 0 unspecified atom stereocenters. The minimum atomic E-state index is -4.09. The molecule has 0 aliphatic carbocycles. The van der Waals surface area contributed by atoms with Gasteiger partial charge in [-0.1, -0.05) is 0 Å². The first-order valence-electron chi connectivity index (χ1n) is 3.12. The van der Waals surface area contributed by atoms with Gasteiger partial charge >= 0.3 is 7.60 Å². The molecule has 1 rings (SSSR count). The van der Waals surface area contributed by atoms with Crippen LogP contribution in [0, 0.1) is 5.82 Å². The molecule has 0 aliphatic heterocycles. The number of hydrogen-bond donors (Lipinski definition) is 2. The first kappa shape index (κ1) is 9.32. The van der Waals surface area contributed by atoms with E-state index >= 15 is 0 Å². The molecule has 0 radical (unpaired) electrons. The van der Waals surface area contributed by atoms with Gasteiger partial charge in [-0.3, -0.25) is 9.55 Å². The Hall–Kier alpha value is -0.770. The maximum atomic E-state index is 12.3. The van der Waals surface area contributed by atoms with Crippen LogP contribution in [0.4, 0.5) is 4.39 Å². The molecule has 0 saturated heterocycles. The zero-order chi connectivity index (χ0) is 9.19. The lowest BCUT2D eigenvalue weighted by atomic mass is 10.4. The quantitative estimate of drug-likeness (QED) is 0.681. The molecule has 6 heteroatoms. The van der Waals surface area contributed by atoms with Crippen LogP contribution in [-0.2, 0) is 10.7 Å². The standard InChI is InChI=1S/C6H7FNO3P/c7-5-1-2-6(8-3-5)4-12(9,10)11/h1-3H,4H2,(H2,9,10,11). The van der Waals surface area contributed by atoms with Crippen LogP contribution >= 0.6 is 7.60 Å². The molecule has 2 N–H and O–H groups in total. The van der Waals surface area contributed by atoms with Crippen LogP contribution in [0.1, 0.15) is 5.69 Å². The number of hydrogen-bond acceptors (Lipinski definition) is 2. The van der Waals surface area contributed by atoms with Gasteiger partial charge in [0.2, 0.25) is 0 Å². The van der Waals surface area contributed by atoms with E-state index in [0.29, 0.717) is 0 Å². The van der Waals surface area contributed by atoms with Gasteiger partial charge in [-0.2, -0.15) is 0 Å². The van der Waals surface area contributed by atoms with E-state index in [0.717, 1.165) is 12.3 Å². The van der Waals surface area contributed by atoms with E-state index < -0.39 is 19.6 Å². The van der Waals surface area contributed by atoms with Crippen LogP contribution in [0.5, 0.6) is 0 Å². The molecule has 1 heterocycles. The Morgan fingerprint density at radius 1 is 1.50 bits per heavy atom. The molecule has 0 aromatic carbocycles. The second-order valence-corrected chi connectivity index (χ2v) is 3.94. The highest BCUT2D eigenvalue weighted by molar-refractivity contribution is 7.50. The molecule has 0 spiro atoms. The molecular formula is C6H7FNO3P. The monoisotopic (exact) mass is 191 g/mol. The van der Waals surface area contributed by atoms with Crippen molar-refractivity contribution in [3.63, 3.8) is 0 Å². The van der Waals surface area contributed by atoms with Gasteiger partial charge < -0.3 is 9.79 Å². The summed E-state index contributed by atoms with van der Waals surface area (Å²) in [5.74, 6) is -0.524. The molecular weight excluding hydrogens is 184 g/mol. The third kappa shape index (κ3) is 3.09. The van der Waals surface area contributed by atoms with Crippen LogP contribution in [0.25, 0.3) is 0 Å². The summed E-state index contributed by atoms with van der Waals surface area (Å²) < 4.78 is 22.7. The maximum absolute atomic E-state index is 12.3. The predicted molar refractivity (Wildman–Crippen MR) is 39.9 cm³/mol. The van der Waals surface area contributed by atoms with Gasteiger partial charge in [0, 0.05) is 0 Å². The van der Waals surface area contributed by atoms with Gasteiger partial charge in [0.1, 0.15) is 5.82 Å². The fraction of sp³-hybridized carbons (Fsp3) is 0.167. The van der Waals surface area contributed by atoms with Gasteiger partial charge in [0.25, 0.3) is 0 Å². The first-order chi connectivity index (χ1) is 5.47. The molecule has 0 atom stereocenters. The van der Waals surface area contributed by atoms with Crippen LogP contribution in [0.3, 0.4) is 0 Å². The largest absolute Gasteiger partial charge is 0.331 e. The van der Waals surface area contributed by atoms with Crippen molar-refractivity contribution in [1.29, 1.82) is 0 Å². The maximum Gasteiger partial charge on any atom is 0.331 e. The average Bonchev–Trinajstić information content (AvgIpc) is 1.91. The zero-order valence-electron chi connectivity index (χ0n) is 6.01. The van der Waals surface area contributed by atoms with E-state index in [4.69, 9.17) is 9.79 Å². The normalized spacial score (nSPS) is 11.6. The van der Waals surface area contributed by atoms with E-state index in [2.05, 4.69) is 4.98 Å². The van der Waals surface area contributed by atoms with Crippen molar-refractivity contribution in [3.05, 3.63) is 29.8 Å². The van der Waals surface area contributed by atoms with Crippen molar-refractivity contribution >= 4 is 7.60 Å². The van der Waals surface area contributed by atoms with Gasteiger partial charge in [0.15, 0.2) is 0 Å². The minimum absolute atomic E-state index is 0.185. The molecule has 0 aliphatic rings. The highest BCUT2D eigenvalue weighted by Crippen LogP contribution is 2.38. The second kappa shape index (κ2) is 3.31. The summed E-state index contributed by atoms with van der Waals surface area (Å²) in [5, 5.41) is 0. The van der Waals surface area contributed by atoms with Crippen LogP contribution in [0.2, 0.25) is 0 Å². The second-order valence-electron chi connectivity index (χ2n) is 2.29. The fourth-order valence-electron chi connectivity index (χ4n) is 0.711. The number of halogens is 1. The lowest BCUT2D eigenvalue weighted by Crippen LogP contribution is -1.91. The lowest BCUT2D eigenvalue weighted by Gasteiger charge is -2.01. The molecule has 1 aromatic heterocycles. The topological polar surface area (TPSA) is 70.4 Å². The van der Waals surface area contributed by atoms with E-state index in [-0.39, 0.29) is 5.69 Å². The van der Waals surface area contributed by atoms with Crippen molar-refractivity contribution in [2.45, 2.75) is 6.16 Å². The van der Waals surface area contributed by atoms with Crippen LogP contribution < -0.4 is 0 Å². The van der Waals surface area contributed by atoms with Gasteiger partial charge in [-0.25, -0.2) is 4.39 Å². The van der Waals surface area contributed by atoms with Crippen LogP contribution in [-0.4, -0.2) is 14.8 Å². The molecule has 0 bridgehead atoms. The highest BCUT2D eigenvalue weighted by atomic mass is 31.2. The zero-order valence-corrected chi connectivity index (χ0v) is 6.91. The fourth-order valence-corrected chi connectivity index (χ4v) is 1.32. The van der Waals surface area contributed by atoms with Gasteiger partial charge in [0.05, 0.1) is 18.1 Å².